The fourth-order valence-electron chi connectivity index (χ4n) is 2.76. The van der Waals surface area contributed by atoms with Gasteiger partial charge in [0.15, 0.2) is 0 Å². The number of carboxylic acid groups (broad SMARTS) is 1. The minimum atomic E-state index is -0.960. The Morgan fingerprint density at radius 3 is 2.58 bits per heavy atom. The summed E-state index contributed by atoms with van der Waals surface area (Å²) in [6, 6.07) is 17.8. The van der Waals surface area contributed by atoms with Gasteiger partial charge in [0.05, 0.1) is 16.0 Å². The molecule has 0 aliphatic heterocycles. The molecular formula is C19H14N2O2S. The standard InChI is InChI=1S/C19H14N2O2S/c1-11-9-13(19(22)23)17-14(10-11)20-18(21-17)16-8-7-15(24-16)12-5-3-2-4-6-12/h2-10H,1H3,(H,20,21)(H,22,23). The number of hydrogen-bond acceptors (Lipinski definition) is 3. The van der Waals surface area contributed by atoms with E-state index in [0.29, 0.717) is 11.3 Å². The summed E-state index contributed by atoms with van der Waals surface area (Å²) in [5.41, 5.74) is 3.53. The number of fused-ring (bicyclic) bond motifs is 1. The van der Waals surface area contributed by atoms with E-state index in [1.165, 1.54) is 0 Å². The van der Waals surface area contributed by atoms with E-state index < -0.39 is 5.97 Å². The molecule has 2 aromatic heterocycles. The Kier molecular flexibility index (Phi) is 3.43. The van der Waals surface area contributed by atoms with E-state index in [1.54, 1.807) is 17.4 Å². The molecule has 0 radical (unpaired) electrons. The molecule has 5 heteroatoms. The van der Waals surface area contributed by atoms with Crippen molar-refractivity contribution in [3.05, 3.63) is 65.7 Å². The lowest BCUT2D eigenvalue weighted by Gasteiger charge is -1.97. The van der Waals surface area contributed by atoms with Crippen LogP contribution in [0.4, 0.5) is 0 Å². The molecule has 0 amide bonds. The van der Waals surface area contributed by atoms with E-state index in [2.05, 4.69) is 28.2 Å². The summed E-state index contributed by atoms with van der Waals surface area (Å²) in [5, 5.41) is 9.39. The first-order valence-corrected chi connectivity index (χ1v) is 8.33. The Morgan fingerprint density at radius 1 is 1.08 bits per heavy atom. The summed E-state index contributed by atoms with van der Waals surface area (Å²) in [6.45, 7) is 1.88. The Morgan fingerprint density at radius 2 is 1.83 bits per heavy atom. The average Bonchev–Trinajstić information content (AvgIpc) is 3.21. The first-order valence-electron chi connectivity index (χ1n) is 7.51. The number of nitrogens with zero attached hydrogens (tertiary/aromatic N) is 1. The zero-order valence-electron chi connectivity index (χ0n) is 12.9. The zero-order chi connectivity index (χ0) is 16.7. The van der Waals surface area contributed by atoms with Gasteiger partial charge in [-0.2, -0.15) is 0 Å². The minimum Gasteiger partial charge on any atom is -0.478 e. The van der Waals surface area contributed by atoms with Gasteiger partial charge in [0, 0.05) is 4.88 Å². The lowest BCUT2D eigenvalue weighted by atomic mass is 10.1. The molecular weight excluding hydrogens is 320 g/mol. The van der Waals surface area contributed by atoms with Crippen molar-refractivity contribution in [1.29, 1.82) is 0 Å². The van der Waals surface area contributed by atoms with Gasteiger partial charge in [-0.3, -0.25) is 0 Å². The fraction of sp³-hybridized carbons (Fsp3) is 0.0526. The molecule has 2 N–H and O–H groups in total. The number of thiophene rings is 1. The van der Waals surface area contributed by atoms with Crippen LogP contribution in [0.5, 0.6) is 0 Å². The molecule has 0 unspecified atom stereocenters. The molecule has 4 rings (SSSR count). The summed E-state index contributed by atoms with van der Waals surface area (Å²) in [4.78, 5) is 21.4. The smallest absolute Gasteiger partial charge is 0.337 e. The molecule has 2 aromatic carbocycles. The van der Waals surface area contributed by atoms with Crippen LogP contribution >= 0.6 is 11.3 Å². The van der Waals surface area contributed by atoms with Crippen LogP contribution in [0.2, 0.25) is 0 Å². The summed E-state index contributed by atoms with van der Waals surface area (Å²) in [7, 11) is 0. The van der Waals surface area contributed by atoms with Gasteiger partial charge in [-0.15, -0.1) is 11.3 Å². The number of nitrogens with one attached hydrogen (secondary N) is 1. The van der Waals surface area contributed by atoms with Gasteiger partial charge in [-0.1, -0.05) is 30.3 Å². The molecule has 0 aliphatic carbocycles. The summed E-state index contributed by atoms with van der Waals surface area (Å²) in [6.07, 6.45) is 0. The largest absolute Gasteiger partial charge is 0.478 e. The van der Waals surface area contributed by atoms with Crippen molar-refractivity contribution < 1.29 is 9.90 Å². The second-order valence-electron chi connectivity index (χ2n) is 5.63. The van der Waals surface area contributed by atoms with Crippen molar-refractivity contribution >= 4 is 28.3 Å². The van der Waals surface area contributed by atoms with Crippen LogP contribution in [-0.4, -0.2) is 21.0 Å². The van der Waals surface area contributed by atoms with Crippen LogP contribution in [0.3, 0.4) is 0 Å². The molecule has 4 nitrogen and oxygen atoms in total. The zero-order valence-corrected chi connectivity index (χ0v) is 13.7. The van der Waals surface area contributed by atoms with Gasteiger partial charge in [-0.25, -0.2) is 9.78 Å². The van der Waals surface area contributed by atoms with Crippen LogP contribution in [-0.2, 0) is 0 Å². The first kappa shape index (κ1) is 14.7. The Balaban J connectivity index is 1.82. The average molecular weight is 334 g/mol. The third-order valence-corrected chi connectivity index (χ3v) is 5.00. The number of rotatable bonds is 3. The van der Waals surface area contributed by atoms with E-state index in [9.17, 15) is 9.90 Å². The van der Waals surface area contributed by atoms with Crippen LogP contribution in [0.15, 0.2) is 54.6 Å². The normalized spacial score (nSPS) is 11.0. The maximum absolute atomic E-state index is 11.5. The van der Waals surface area contributed by atoms with Crippen LogP contribution in [0.1, 0.15) is 15.9 Å². The predicted molar refractivity (Wildman–Crippen MR) is 96.5 cm³/mol. The quantitative estimate of drug-likeness (QED) is 0.556. The third-order valence-electron chi connectivity index (χ3n) is 3.86. The Labute approximate surface area is 142 Å². The van der Waals surface area contributed by atoms with E-state index >= 15 is 0 Å². The SMILES string of the molecule is Cc1cc(C(=O)O)c2nc(-c3ccc(-c4ccccc4)s3)[nH]c2c1. The second kappa shape index (κ2) is 5.62. The van der Waals surface area contributed by atoms with E-state index in [4.69, 9.17) is 0 Å². The van der Waals surface area contributed by atoms with Gasteiger partial charge < -0.3 is 10.1 Å². The number of aryl methyl sites for hydroxylation is 1. The Hall–Kier alpha value is -2.92. The third kappa shape index (κ3) is 2.49. The van der Waals surface area contributed by atoms with Crippen molar-refractivity contribution in [2.75, 3.05) is 0 Å². The van der Waals surface area contributed by atoms with E-state index in [-0.39, 0.29) is 5.56 Å². The maximum Gasteiger partial charge on any atom is 0.337 e. The highest BCUT2D eigenvalue weighted by Gasteiger charge is 2.15. The number of aromatic nitrogens is 2. The van der Waals surface area contributed by atoms with Crippen LogP contribution in [0.25, 0.3) is 32.2 Å². The number of H-pyrrole nitrogens is 1. The Bertz CT molecular complexity index is 1050. The van der Waals surface area contributed by atoms with Gasteiger partial charge >= 0.3 is 5.97 Å². The number of carbonyl (C=O) groups is 1. The monoisotopic (exact) mass is 334 g/mol. The number of aromatic amines is 1. The highest BCUT2D eigenvalue weighted by Crippen LogP contribution is 2.34. The van der Waals surface area contributed by atoms with Gasteiger partial charge in [0.1, 0.15) is 11.3 Å². The van der Waals surface area contributed by atoms with E-state index in [1.807, 2.05) is 37.3 Å². The van der Waals surface area contributed by atoms with Crippen molar-refractivity contribution in [3.8, 4) is 21.1 Å². The topological polar surface area (TPSA) is 66.0 Å². The second-order valence-corrected chi connectivity index (χ2v) is 6.71. The number of benzene rings is 2. The molecule has 0 atom stereocenters. The van der Waals surface area contributed by atoms with Crippen molar-refractivity contribution in [3.63, 3.8) is 0 Å². The minimum absolute atomic E-state index is 0.229. The summed E-state index contributed by atoms with van der Waals surface area (Å²) < 4.78 is 0. The molecule has 0 bridgehead atoms. The van der Waals surface area contributed by atoms with Crippen LogP contribution < -0.4 is 0 Å². The molecule has 118 valence electrons. The van der Waals surface area contributed by atoms with Gasteiger partial charge in [0.2, 0.25) is 0 Å². The van der Waals surface area contributed by atoms with E-state index in [0.717, 1.165) is 26.4 Å². The number of carboxylic acids is 1. The lowest BCUT2D eigenvalue weighted by Crippen LogP contribution is -1.98. The molecule has 4 aromatic rings. The molecule has 24 heavy (non-hydrogen) atoms. The summed E-state index contributed by atoms with van der Waals surface area (Å²) in [5.74, 6) is -0.261. The number of imidazole rings is 1. The summed E-state index contributed by atoms with van der Waals surface area (Å²) >= 11 is 1.63. The lowest BCUT2D eigenvalue weighted by molar-refractivity contribution is 0.0698. The number of hydrogen-bond donors (Lipinski definition) is 2. The number of aromatic carboxylic acids is 1. The first-order chi connectivity index (χ1) is 11.6. The van der Waals surface area contributed by atoms with Crippen molar-refractivity contribution in [2.24, 2.45) is 0 Å². The molecule has 0 spiro atoms. The molecule has 0 fully saturated rings. The van der Waals surface area contributed by atoms with Crippen molar-refractivity contribution in [2.45, 2.75) is 6.92 Å². The van der Waals surface area contributed by atoms with Crippen LogP contribution in [0, 0.1) is 6.92 Å². The fourth-order valence-corrected chi connectivity index (χ4v) is 3.72. The van der Waals surface area contributed by atoms with Gasteiger partial charge in [0.25, 0.3) is 0 Å². The van der Waals surface area contributed by atoms with Gasteiger partial charge in [-0.05, 0) is 42.3 Å². The molecule has 0 saturated carbocycles. The highest BCUT2D eigenvalue weighted by molar-refractivity contribution is 7.18. The maximum atomic E-state index is 11.5. The van der Waals surface area contributed by atoms with Crippen molar-refractivity contribution in [1.82, 2.24) is 9.97 Å². The predicted octanol–water partition coefficient (Wildman–Crippen LogP) is 4.97. The molecule has 0 aliphatic rings. The highest BCUT2D eigenvalue weighted by atomic mass is 32.1. The molecule has 0 saturated heterocycles. The molecule has 2 heterocycles.